The molecule has 2 N–H and O–H groups in total. The minimum Gasteiger partial charge on any atom is -0.462 e. The fourth-order valence-electron chi connectivity index (χ4n) is 0.789. The highest BCUT2D eigenvalue weighted by atomic mass is 16.6. The molecule has 96 valence electrons. The summed E-state index contributed by atoms with van der Waals surface area (Å²) >= 11 is 0. The molecule has 0 heterocycles. The number of esters is 1. The van der Waals surface area contributed by atoms with Gasteiger partial charge in [0, 0.05) is 0 Å². The summed E-state index contributed by atoms with van der Waals surface area (Å²) in [6, 6.07) is 8.96. The van der Waals surface area contributed by atoms with Crippen molar-refractivity contribution in [1.82, 2.24) is 0 Å². The predicted molar refractivity (Wildman–Crippen MR) is 67.4 cm³/mol. The number of rotatable bonds is 2. The van der Waals surface area contributed by atoms with Crippen LogP contribution in [-0.4, -0.2) is 18.2 Å². The lowest BCUT2D eigenvalue weighted by Gasteiger charge is -2.12. The predicted octanol–water partition coefficient (Wildman–Crippen LogP) is 2.54. The number of hydrogen-bond acceptors (Lipinski definition) is 4. The highest BCUT2D eigenvalue weighted by Crippen LogP contribution is 2.00. The molecule has 1 rings (SSSR count). The summed E-state index contributed by atoms with van der Waals surface area (Å²) in [5.74, 6) is 4.55. The maximum Gasteiger partial charge on any atom is 0.338 e. The van der Waals surface area contributed by atoms with Crippen molar-refractivity contribution in [3.63, 3.8) is 0 Å². The van der Waals surface area contributed by atoms with Crippen LogP contribution in [0, 0.1) is 0 Å². The van der Waals surface area contributed by atoms with E-state index in [-0.39, 0.29) is 11.6 Å². The monoisotopic (exact) mass is 239 g/mol. The number of hydrogen-bond donors (Lipinski definition) is 1. The van der Waals surface area contributed by atoms with E-state index in [0.717, 1.165) is 0 Å². The van der Waals surface area contributed by atoms with Crippen LogP contribution in [0.25, 0.3) is 0 Å². The number of benzene rings is 1. The molecule has 0 saturated carbocycles. The maximum atomic E-state index is 11.0. The Kier molecular flexibility index (Phi) is 7.18. The van der Waals surface area contributed by atoms with Crippen LogP contribution in [0.4, 0.5) is 0 Å². The molecule has 17 heavy (non-hydrogen) atoms. The fraction of sp³-hybridized carbons (Fsp3) is 0.462. The van der Waals surface area contributed by atoms with E-state index in [1.54, 1.807) is 19.1 Å². The molecule has 1 aromatic carbocycles. The van der Waals surface area contributed by atoms with Crippen molar-refractivity contribution in [2.45, 2.75) is 33.3 Å². The van der Waals surface area contributed by atoms with Gasteiger partial charge in [0.2, 0.25) is 0 Å². The summed E-state index contributed by atoms with van der Waals surface area (Å²) in [5.41, 5.74) is 0.425. The molecule has 0 aliphatic heterocycles. The van der Waals surface area contributed by atoms with Gasteiger partial charge in [0.1, 0.15) is 0 Å². The van der Waals surface area contributed by atoms with E-state index in [0.29, 0.717) is 12.2 Å². The van der Waals surface area contributed by atoms with Crippen molar-refractivity contribution in [3.05, 3.63) is 35.9 Å². The molecule has 1 aromatic rings. The van der Waals surface area contributed by atoms with Crippen molar-refractivity contribution >= 4 is 5.97 Å². The third kappa shape index (κ3) is 8.42. The quantitative estimate of drug-likeness (QED) is 0.636. The molecule has 0 aromatic heterocycles. The number of carbonyl (C=O) groups is 1. The second kappa shape index (κ2) is 7.81. The Bertz CT molecular complexity index is 317. The Balaban J connectivity index is 0.000000366. The average molecular weight is 239 g/mol. The average Bonchev–Trinajstić information content (AvgIpc) is 2.30. The van der Waals surface area contributed by atoms with Crippen molar-refractivity contribution in [3.8, 4) is 0 Å². The third-order valence-corrected chi connectivity index (χ3v) is 1.64. The maximum absolute atomic E-state index is 11.0. The van der Waals surface area contributed by atoms with Gasteiger partial charge in [-0.05, 0) is 39.8 Å². The smallest absolute Gasteiger partial charge is 0.338 e. The van der Waals surface area contributed by atoms with Gasteiger partial charge >= 0.3 is 5.97 Å². The SMILES string of the molecule is CC(C)(C)ON.CCOC(=O)c1ccccc1. The first-order valence-corrected chi connectivity index (χ1v) is 5.50. The summed E-state index contributed by atoms with van der Waals surface area (Å²) in [4.78, 5) is 15.5. The van der Waals surface area contributed by atoms with Gasteiger partial charge in [-0.15, -0.1) is 0 Å². The van der Waals surface area contributed by atoms with Gasteiger partial charge in [-0.25, -0.2) is 10.7 Å². The van der Waals surface area contributed by atoms with Crippen molar-refractivity contribution in [1.29, 1.82) is 0 Å². The molecule has 0 radical (unpaired) electrons. The topological polar surface area (TPSA) is 61.6 Å². The highest BCUT2D eigenvalue weighted by Gasteiger charge is 2.05. The number of ether oxygens (including phenoxy) is 1. The Morgan fingerprint density at radius 3 is 2.06 bits per heavy atom. The summed E-state index contributed by atoms with van der Waals surface area (Å²) < 4.78 is 4.79. The molecule has 0 amide bonds. The van der Waals surface area contributed by atoms with E-state index in [2.05, 4.69) is 4.84 Å². The van der Waals surface area contributed by atoms with Crippen LogP contribution in [0.5, 0.6) is 0 Å². The van der Waals surface area contributed by atoms with Crippen LogP contribution < -0.4 is 5.90 Å². The standard InChI is InChI=1S/C9H10O2.C4H11NO/c1-2-11-9(10)8-6-4-3-5-7-8;1-4(2,3)6-5/h3-7H,2H2,1H3;5H2,1-3H3. The van der Waals surface area contributed by atoms with E-state index in [4.69, 9.17) is 10.6 Å². The molecule has 0 aliphatic carbocycles. The molecule has 0 saturated heterocycles. The van der Waals surface area contributed by atoms with Crippen molar-refractivity contribution < 1.29 is 14.4 Å². The fourth-order valence-corrected chi connectivity index (χ4v) is 0.789. The van der Waals surface area contributed by atoms with Crippen LogP contribution in [0.1, 0.15) is 38.1 Å². The van der Waals surface area contributed by atoms with E-state index >= 15 is 0 Å². The molecular weight excluding hydrogens is 218 g/mol. The molecule has 0 spiro atoms. The molecule has 0 unspecified atom stereocenters. The Morgan fingerprint density at radius 2 is 1.71 bits per heavy atom. The largest absolute Gasteiger partial charge is 0.462 e. The Morgan fingerprint density at radius 1 is 1.24 bits per heavy atom. The van der Waals surface area contributed by atoms with Crippen LogP contribution in [0.15, 0.2) is 30.3 Å². The van der Waals surface area contributed by atoms with Gasteiger partial charge in [-0.1, -0.05) is 18.2 Å². The summed E-state index contributed by atoms with van der Waals surface area (Å²) in [7, 11) is 0. The van der Waals surface area contributed by atoms with E-state index in [1.165, 1.54) is 0 Å². The minimum absolute atomic E-state index is 0.181. The van der Waals surface area contributed by atoms with E-state index < -0.39 is 0 Å². The van der Waals surface area contributed by atoms with E-state index in [9.17, 15) is 4.79 Å². The number of nitrogens with two attached hydrogens (primary N) is 1. The molecular formula is C13H21NO3. The summed E-state index contributed by atoms with van der Waals surface area (Å²) in [6.07, 6.45) is 0. The van der Waals surface area contributed by atoms with Gasteiger partial charge in [-0.2, -0.15) is 0 Å². The van der Waals surface area contributed by atoms with Gasteiger partial charge in [-0.3, -0.25) is 4.84 Å². The molecule has 0 atom stereocenters. The lowest BCUT2D eigenvalue weighted by Crippen LogP contribution is -2.22. The first kappa shape index (κ1) is 15.6. The van der Waals surface area contributed by atoms with Gasteiger partial charge in [0.15, 0.2) is 0 Å². The lowest BCUT2D eigenvalue weighted by molar-refractivity contribution is -0.00429. The molecule has 0 fully saturated rings. The van der Waals surface area contributed by atoms with E-state index in [1.807, 2.05) is 39.0 Å². The van der Waals surface area contributed by atoms with Gasteiger partial charge in [0.25, 0.3) is 0 Å². The summed E-state index contributed by atoms with van der Waals surface area (Å²) in [6.45, 7) is 7.90. The van der Waals surface area contributed by atoms with Crippen LogP contribution in [0.2, 0.25) is 0 Å². The zero-order valence-electron chi connectivity index (χ0n) is 10.9. The van der Waals surface area contributed by atoms with Crippen LogP contribution in [-0.2, 0) is 9.57 Å². The van der Waals surface area contributed by atoms with Gasteiger partial charge in [0.05, 0.1) is 17.8 Å². The first-order valence-electron chi connectivity index (χ1n) is 5.50. The Hall–Kier alpha value is -1.39. The normalized spacial score (nSPS) is 10.2. The van der Waals surface area contributed by atoms with Crippen molar-refractivity contribution in [2.24, 2.45) is 5.90 Å². The lowest BCUT2D eigenvalue weighted by atomic mass is 10.2. The van der Waals surface area contributed by atoms with Gasteiger partial charge < -0.3 is 4.74 Å². The zero-order valence-corrected chi connectivity index (χ0v) is 10.9. The second-order valence-corrected chi connectivity index (χ2v) is 4.32. The summed E-state index contributed by atoms with van der Waals surface area (Å²) in [5, 5.41) is 0. The minimum atomic E-state index is -0.256. The Labute approximate surface area is 103 Å². The molecule has 0 bridgehead atoms. The third-order valence-electron chi connectivity index (χ3n) is 1.64. The molecule has 4 nitrogen and oxygen atoms in total. The number of carbonyl (C=O) groups excluding carboxylic acids is 1. The first-order chi connectivity index (χ1) is 7.90. The second-order valence-electron chi connectivity index (χ2n) is 4.32. The highest BCUT2D eigenvalue weighted by molar-refractivity contribution is 5.89. The van der Waals surface area contributed by atoms with Crippen molar-refractivity contribution in [2.75, 3.05) is 6.61 Å². The van der Waals surface area contributed by atoms with Crippen LogP contribution in [0.3, 0.4) is 0 Å². The zero-order chi connectivity index (χ0) is 13.3. The van der Waals surface area contributed by atoms with Crippen LogP contribution >= 0.6 is 0 Å². The molecule has 4 heteroatoms. The molecule has 0 aliphatic rings.